The first-order valence-electron chi connectivity index (χ1n) is 6.42. The van der Waals surface area contributed by atoms with E-state index in [1.165, 1.54) is 12.1 Å². The Morgan fingerprint density at radius 1 is 1.40 bits per heavy atom. The van der Waals surface area contributed by atoms with Gasteiger partial charge in [0.25, 0.3) is 5.69 Å². The van der Waals surface area contributed by atoms with Crippen molar-refractivity contribution in [2.45, 2.75) is 25.3 Å². The molecule has 1 atom stereocenters. The zero-order valence-electron chi connectivity index (χ0n) is 10.6. The summed E-state index contributed by atoms with van der Waals surface area (Å²) in [5.41, 5.74) is 1.10. The summed E-state index contributed by atoms with van der Waals surface area (Å²) in [6.07, 6.45) is 4.32. The minimum atomic E-state index is -0.616. The third-order valence-electron chi connectivity index (χ3n) is 3.54. The van der Waals surface area contributed by atoms with Crippen LogP contribution in [-0.2, 0) is 6.42 Å². The van der Waals surface area contributed by atoms with Crippen LogP contribution in [0.2, 0.25) is 0 Å². The molecule has 1 N–H and O–H groups in total. The van der Waals surface area contributed by atoms with E-state index >= 15 is 0 Å². The zero-order chi connectivity index (χ0) is 14.1. The predicted molar refractivity (Wildman–Crippen MR) is 71.1 cm³/mol. The second-order valence-electron chi connectivity index (χ2n) is 4.81. The highest BCUT2D eigenvalue weighted by molar-refractivity contribution is 5.62. The number of nitro groups is 1. The van der Waals surface area contributed by atoms with E-state index < -0.39 is 10.7 Å². The molecule has 2 aromatic rings. The number of rotatable bonds is 3. The molecule has 0 aliphatic heterocycles. The molecule has 0 fully saturated rings. The van der Waals surface area contributed by atoms with Crippen molar-refractivity contribution >= 4 is 11.4 Å². The number of hydrogen-bond donors (Lipinski definition) is 1. The monoisotopic (exact) mass is 276 g/mol. The normalized spacial score (nSPS) is 17.6. The van der Waals surface area contributed by atoms with Crippen LogP contribution in [0.5, 0.6) is 0 Å². The van der Waals surface area contributed by atoms with E-state index in [4.69, 9.17) is 4.42 Å². The molecule has 0 radical (unpaired) electrons. The number of nitrogens with zero attached hydrogens (tertiary/aromatic N) is 1. The van der Waals surface area contributed by atoms with Crippen LogP contribution in [0.15, 0.2) is 34.9 Å². The number of halogens is 1. The number of nitrogens with one attached hydrogen (secondary N) is 1. The first-order chi connectivity index (χ1) is 9.65. The van der Waals surface area contributed by atoms with E-state index in [1.807, 2.05) is 6.07 Å². The number of fused-ring (bicyclic) bond motifs is 1. The standard InChI is InChI=1S/C14H13FN2O3/c15-9-4-5-12(13(8-9)17(18)19)16-11-2-1-3-14-10(11)6-7-20-14/h4-8,11,16H,1-3H2. The van der Waals surface area contributed by atoms with Crippen LogP contribution in [-0.4, -0.2) is 4.92 Å². The number of aryl methyl sites for hydroxylation is 1. The van der Waals surface area contributed by atoms with Crippen molar-refractivity contribution in [1.29, 1.82) is 0 Å². The Morgan fingerprint density at radius 2 is 2.25 bits per heavy atom. The van der Waals surface area contributed by atoms with Gasteiger partial charge in [0.15, 0.2) is 0 Å². The van der Waals surface area contributed by atoms with E-state index in [-0.39, 0.29) is 11.7 Å². The third kappa shape index (κ3) is 2.24. The molecule has 0 amide bonds. The Balaban J connectivity index is 1.92. The van der Waals surface area contributed by atoms with Gasteiger partial charge in [0, 0.05) is 12.0 Å². The van der Waals surface area contributed by atoms with E-state index in [0.717, 1.165) is 36.7 Å². The van der Waals surface area contributed by atoms with Gasteiger partial charge in [-0.1, -0.05) is 0 Å². The molecule has 1 aliphatic carbocycles. The fourth-order valence-corrected chi connectivity index (χ4v) is 2.60. The van der Waals surface area contributed by atoms with E-state index in [1.54, 1.807) is 6.26 Å². The Bertz CT molecular complexity index is 654. The Labute approximate surface area is 114 Å². The molecule has 6 heteroatoms. The number of hydrogen-bond acceptors (Lipinski definition) is 4. The van der Waals surface area contributed by atoms with Gasteiger partial charge in [-0.3, -0.25) is 10.1 Å². The molecule has 1 aromatic carbocycles. The third-order valence-corrected chi connectivity index (χ3v) is 3.54. The zero-order valence-corrected chi connectivity index (χ0v) is 10.6. The molecule has 0 spiro atoms. The second-order valence-corrected chi connectivity index (χ2v) is 4.81. The SMILES string of the molecule is O=[N+]([O-])c1cc(F)ccc1NC1CCCc2occc21. The molecule has 5 nitrogen and oxygen atoms in total. The molecule has 1 aromatic heterocycles. The summed E-state index contributed by atoms with van der Waals surface area (Å²) >= 11 is 0. The smallest absolute Gasteiger partial charge is 0.295 e. The lowest BCUT2D eigenvalue weighted by Gasteiger charge is -2.23. The molecule has 0 bridgehead atoms. The topological polar surface area (TPSA) is 68.3 Å². The average Bonchev–Trinajstić information content (AvgIpc) is 2.90. The molecule has 0 saturated carbocycles. The number of nitro benzene ring substituents is 1. The fraction of sp³-hybridized carbons (Fsp3) is 0.286. The molecular formula is C14H13FN2O3. The molecule has 20 heavy (non-hydrogen) atoms. The van der Waals surface area contributed by atoms with Crippen molar-refractivity contribution < 1.29 is 13.7 Å². The van der Waals surface area contributed by atoms with Gasteiger partial charge in [0.2, 0.25) is 0 Å². The number of benzene rings is 1. The van der Waals surface area contributed by atoms with Gasteiger partial charge in [-0.15, -0.1) is 0 Å². The first kappa shape index (κ1) is 12.7. The largest absolute Gasteiger partial charge is 0.469 e. The minimum Gasteiger partial charge on any atom is -0.469 e. The van der Waals surface area contributed by atoms with Crippen LogP contribution in [0.25, 0.3) is 0 Å². The summed E-state index contributed by atoms with van der Waals surface area (Å²) in [7, 11) is 0. The van der Waals surface area contributed by atoms with Crippen LogP contribution in [0.3, 0.4) is 0 Å². The van der Waals surface area contributed by atoms with Crippen LogP contribution in [0.4, 0.5) is 15.8 Å². The van der Waals surface area contributed by atoms with Crippen LogP contribution < -0.4 is 5.32 Å². The summed E-state index contributed by atoms with van der Waals surface area (Å²) in [6.45, 7) is 0. The van der Waals surface area contributed by atoms with Gasteiger partial charge < -0.3 is 9.73 Å². The average molecular weight is 276 g/mol. The van der Waals surface area contributed by atoms with Crippen molar-refractivity contribution in [2.24, 2.45) is 0 Å². The maximum atomic E-state index is 13.1. The Morgan fingerprint density at radius 3 is 3.05 bits per heavy atom. The molecule has 1 aliphatic rings. The molecule has 3 rings (SSSR count). The highest BCUT2D eigenvalue weighted by atomic mass is 19.1. The lowest BCUT2D eigenvalue weighted by atomic mass is 9.93. The molecule has 1 heterocycles. The van der Waals surface area contributed by atoms with Crippen LogP contribution in [0.1, 0.15) is 30.2 Å². The number of furan rings is 1. The van der Waals surface area contributed by atoms with E-state index in [9.17, 15) is 14.5 Å². The first-order valence-corrected chi connectivity index (χ1v) is 6.42. The van der Waals surface area contributed by atoms with Crippen LogP contribution in [0, 0.1) is 15.9 Å². The Hall–Kier alpha value is -2.37. The quantitative estimate of drug-likeness (QED) is 0.683. The molecule has 104 valence electrons. The van der Waals surface area contributed by atoms with Crippen molar-refractivity contribution in [3.63, 3.8) is 0 Å². The fourth-order valence-electron chi connectivity index (χ4n) is 2.60. The Kier molecular flexibility index (Phi) is 3.14. The van der Waals surface area contributed by atoms with Gasteiger partial charge in [-0.05, 0) is 31.0 Å². The maximum absolute atomic E-state index is 13.1. The van der Waals surface area contributed by atoms with Gasteiger partial charge in [-0.2, -0.15) is 0 Å². The molecular weight excluding hydrogens is 263 g/mol. The summed E-state index contributed by atoms with van der Waals surface area (Å²) in [5, 5.41) is 14.1. The van der Waals surface area contributed by atoms with Crippen molar-refractivity contribution in [1.82, 2.24) is 0 Å². The van der Waals surface area contributed by atoms with E-state index in [2.05, 4.69) is 5.32 Å². The van der Waals surface area contributed by atoms with Crippen LogP contribution >= 0.6 is 0 Å². The number of anilines is 1. The summed E-state index contributed by atoms with van der Waals surface area (Å²) in [6, 6.07) is 5.39. The van der Waals surface area contributed by atoms with Crippen molar-refractivity contribution in [3.8, 4) is 0 Å². The molecule has 1 unspecified atom stereocenters. The maximum Gasteiger partial charge on any atom is 0.295 e. The van der Waals surface area contributed by atoms with Gasteiger partial charge >= 0.3 is 0 Å². The molecule has 0 saturated heterocycles. The summed E-state index contributed by atoms with van der Waals surface area (Å²) in [5.74, 6) is 0.299. The predicted octanol–water partition coefficient (Wildman–Crippen LogP) is 3.82. The van der Waals surface area contributed by atoms with Gasteiger partial charge in [0.1, 0.15) is 17.3 Å². The summed E-state index contributed by atoms with van der Waals surface area (Å²) < 4.78 is 18.5. The lowest BCUT2D eigenvalue weighted by Crippen LogP contribution is -2.16. The van der Waals surface area contributed by atoms with E-state index in [0.29, 0.717) is 5.69 Å². The highest BCUT2D eigenvalue weighted by Gasteiger charge is 2.25. The van der Waals surface area contributed by atoms with Crippen molar-refractivity contribution in [3.05, 3.63) is 57.8 Å². The lowest BCUT2D eigenvalue weighted by molar-refractivity contribution is -0.384. The second kappa shape index (κ2) is 4.96. The summed E-state index contributed by atoms with van der Waals surface area (Å²) in [4.78, 5) is 10.4. The van der Waals surface area contributed by atoms with Gasteiger partial charge in [-0.25, -0.2) is 4.39 Å². The van der Waals surface area contributed by atoms with Crippen molar-refractivity contribution in [2.75, 3.05) is 5.32 Å². The van der Waals surface area contributed by atoms with Gasteiger partial charge in [0.05, 0.1) is 23.3 Å². The highest BCUT2D eigenvalue weighted by Crippen LogP contribution is 2.35. The minimum absolute atomic E-state index is 0.0401.